The molecule has 2 amide bonds. The summed E-state index contributed by atoms with van der Waals surface area (Å²) < 4.78 is 10.9. The molecule has 1 aliphatic carbocycles. The number of hydroxylamine groups is 2. The van der Waals surface area contributed by atoms with Crippen molar-refractivity contribution in [3.63, 3.8) is 0 Å². The fourth-order valence-corrected chi connectivity index (χ4v) is 3.99. The molecule has 1 atom stereocenters. The number of ether oxygens (including phenoxy) is 2. The molecule has 9 heteroatoms. The number of likely N-dealkylation sites (N-methyl/N-ethyl adjacent to an activating group) is 1. The van der Waals surface area contributed by atoms with Gasteiger partial charge in [0, 0.05) is 26.5 Å². The Kier molecular flexibility index (Phi) is 7.90. The van der Waals surface area contributed by atoms with Gasteiger partial charge in [-0.3, -0.25) is 9.63 Å². The molecule has 2 aromatic carbocycles. The number of hydrogen-bond donors (Lipinski definition) is 2. The molecular formula is C25H30N2O7. The van der Waals surface area contributed by atoms with E-state index in [1.165, 1.54) is 14.2 Å². The van der Waals surface area contributed by atoms with Crippen molar-refractivity contribution in [1.29, 1.82) is 0 Å². The number of carbonyl (C=O) groups is 3. The van der Waals surface area contributed by atoms with Crippen LogP contribution in [0.3, 0.4) is 0 Å². The third-order valence-electron chi connectivity index (χ3n) is 5.87. The molecule has 0 aromatic heterocycles. The molecule has 0 spiro atoms. The van der Waals surface area contributed by atoms with Gasteiger partial charge in [-0.25, -0.2) is 14.7 Å². The van der Waals surface area contributed by atoms with Crippen LogP contribution < -0.4 is 5.32 Å². The minimum atomic E-state index is -1.22. The van der Waals surface area contributed by atoms with E-state index in [1.807, 2.05) is 48.5 Å². The van der Waals surface area contributed by atoms with E-state index in [0.29, 0.717) is 0 Å². The maximum absolute atomic E-state index is 12.9. The fourth-order valence-electron chi connectivity index (χ4n) is 3.99. The largest absolute Gasteiger partial charge is 0.479 e. The second-order valence-electron chi connectivity index (χ2n) is 8.69. The second-order valence-corrected chi connectivity index (χ2v) is 8.69. The van der Waals surface area contributed by atoms with Crippen LogP contribution in [0.1, 0.15) is 37.3 Å². The fraction of sp³-hybridized carbons (Fsp3) is 0.400. The van der Waals surface area contributed by atoms with Crippen LogP contribution in [0.25, 0.3) is 11.1 Å². The van der Waals surface area contributed by atoms with Gasteiger partial charge < -0.3 is 19.9 Å². The standard InChI is InChI=1S/C25H30N2O7/c1-25(2,32-4)13-21(23(30)27(3)34-15-22(28)29)26-24(31)33-14-20-18-11-7-5-9-16(18)17-10-6-8-12-19(17)20/h5-12,20-21H,13-15H2,1-4H3,(H,26,31)(H,28,29). The maximum atomic E-state index is 12.9. The molecule has 0 aliphatic heterocycles. The van der Waals surface area contributed by atoms with Crippen LogP contribution in [-0.4, -0.2) is 67.2 Å². The molecule has 0 radical (unpaired) electrons. The van der Waals surface area contributed by atoms with Crippen molar-refractivity contribution in [2.45, 2.75) is 37.8 Å². The van der Waals surface area contributed by atoms with Gasteiger partial charge in [0.05, 0.1) is 5.60 Å². The molecule has 34 heavy (non-hydrogen) atoms. The number of rotatable bonds is 10. The minimum Gasteiger partial charge on any atom is -0.479 e. The van der Waals surface area contributed by atoms with Crippen LogP contribution in [0.5, 0.6) is 0 Å². The van der Waals surface area contributed by atoms with Gasteiger partial charge in [0.2, 0.25) is 0 Å². The highest BCUT2D eigenvalue weighted by atomic mass is 16.7. The van der Waals surface area contributed by atoms with Crippen LogP contribution in [0.4, 0.5) is 4.79 Å². The molecule has 3 rings (SSSR count). The van der Waals surface area contributed by atoms with Crippen molar-refractivity contribution in [3.8, 4) is 11.1 Å². The monoisotopic (exact) mass is 470 g/mol. The van der Waals surface area contributed by atoms with E-state index < -0.39 is 36.2 Å². The number of methoxy groups -OCH3 is 1. The lowest BCUT2D eigenvalue weighted by molar-refractivity contribution is -0.188. The van der Waals surface area contributed by atoms with Gasteiger partial charge in [0.25, 0.3) is 5.91 Å². The number of alkyl carbamates (subject to hydrolysis) is 1. The molecule has 0 bridgehead atoms. The number of nitrogens with one attached hydrogen (secondary N) is 1. The van der Waals surface area contributed by atoms with E-state index >= 15 is 0 Å². The Hall–Kier alpha value is -3.43. The van der Waals surface area contributed by atoms with Crippen LogP contribution in [0.2, 0.25) is 0 Å². The summed E-state index contributed by atoms with van der Waals surface area (Å²) in [6.45, 7) is 2.95. The number of benzene rings is 2. The summed E-state index contributed by atoms with van der Waals surface area (Å²) >= 11 is 0. The van der Waals surface area contributed by atoms with Crippen LogP contribution in [0, 0.1) is 0 Å². The Labute approximate surface area is 198 Å². The predicted octanol–water partition coefficient (Wildman–Crippen LogP) is 3.18. The predicted molar refractivity (Wildman–Crippen MR) is 124 cm³/mol. The molecule has 0 saturated heterocycles. The van der Waals surface area contributed by atoms with Crippen molar-refractivity contribution >= 4 is 18.0 Å². The molecule has 2 N–H and O–H groups in total. The first-order chi connectivity index (χ1) is 16.1. The van der Waals surface area contributed by atoms with Gasteiger partial charge in [-0.15, -0.1) is 0 Å². The lowest BCUT2D eigenvalue weighted by Gasteiger charge is -2.30. The molecule has 0 heterocycles. The van der Waals surface area contributed by atoms with Crippen molar-refractivity contribution in [2.24, 2.45) is 0 Å². The first-order valence-electron chi connectivity index (χ1n) is 10.9. The highest BCUT2D eigenvalue weighted by Gasteiger charge is 2.33. The Balaban J connectivity index is 1.70. The first kappa shape index (κ1) is 25.2. The summed E-state index contributed by atoms with van der Waals surface area (Å²) in [5, 5.41) is 12.2. The number of carboxylic acid groups (broad SMARTS) is 1. The zero-order valence-corrected chi connectivity index (χ0v) is 19.7. The van der Waals surface area contributed by atoms with Gasteiger partial charge in [-0.2, -0.15) is 0 Å². The number of carbonyl (C=O) groups excluding carboxylic acids is 2. The first-order valence-corrected chi connectivity index (χ1v) is 10.9. The third-order valence-corrected chi connectivity index (χ3v) is 5.87. The van der Waals surface area contributed by atoms with Crippen molar-refractivity contribution in [3.05, 3.63) is 59.7 Å². The van der Waals surface area contributed by atoms with Gasteiger partial charge in [-0.1, -0.05) is 48.5 Å². The highest BCUT2D eigenvalue weighted by molar-refractivity contribution is 5.85. The average Bonchev–Trinajstić information content (AvgIpc) is 3.14. The number of hydrogen-bond acceptors (Lipinski definition) is 6. The molecule has 2 aromatic rings. The topological polar surface area (TPSA) is 114 Å². The van der Waals surface area contributed by atoms with E-state index in [9.17, 15) is 14.4 Å². The van der Waals surface area contributed by atoms with Crippen LogP contribution in [-0.2, 0) is 23.9 Å². The smallest absolute Gasteiger partial charge is 0.407 e. The molecule has 1 unspecified atom stereocenters. The Morgan fingerprint density at radius 3 is 2.15 bits per heavy atom. The zero-order chi connectivity index (χ0) is 24.9. The minimum absolute atomic E-state index is 0.0970. The molecule has 1 aliphatic rings. The normalized spacial score (nSPS) is 13.5. The van der Waals surface area contributed by atoms with Gasteiger partial charge >= 0.3 is 12.1 Å². The quantitative estimate of drug-likeness (QED) is 0.513. The summed E-state index contributed by atoms with van der Waals surface area (Å²) in [5.41, 5.74) is 3.63. The highest BCUT2D eigenvalue weighted by Crippen LogP contribution is 2.44. The maximum Gasteiger partial charge on any atom is 0.407 e. The SMILES string of the molecule is COC(C)(C)CC(NC(=O)OCC1c2ccccc2-c2ccccc21)C(=O)N(C)OCC(=O)O. The van der Waals surface area contributed by atoms with Crippen molar-refractivity contribution in [2.75, 3.05) is 27.4 Å². The third kappa shape index (κ3) is 5.92. The number of nitrogens with zero attached hydrogens (tertiary/aromatic N) is 1. The number of fused-ring (bicyclic) bond motifs is 3. The Morgan fingerprint density at radius 1 is 1.06 bits per heavy atom. The van der Waals surface area contributed by atoms with E-state index in [4.69, 9.17) is 19.4 Å². The summed E-state index contributed by atoms with van der Waals surface area (Å²) in [5.74, 6) is -1.97. The number of carboxylic acids is 1. The number of amides is 2. The number of aliphatic carboxylic acids is 1. The lowest BCUT2D eigenvalue weighted by Crippen LogP contribution is -2.51. The molecule has 0 saturated carbocycles. The molecule has 182 valence electrons. The van der Waals surface area contributed by atoms with Gasteiger partial charge in [0.1, 0.15) is 12.6 Å². The van der Waals surface area contributed by atoms with E-state index in [-0.39, 0.29) is 18.9 Å². The average molecular weight is 471 g/mol. The lowest BCUT2D eigenvalue weighted by atomic mass is 9.98. The molecule has 9 nitrogen and oxygen atoms in total. The van der Waals surface area contributed by atoms with Gasteiger partial charge in [-0.05, 0) is 36.1 Å². The van der Waals surface area contributed by atoms with E-state index in [1.54, 1.807) is 13.8 Å². The summed E-state index contributed by atoms with van der Waals surface area (Å²) in [6.07, 6.45) is -0.647. The molecular weight excluding hydrogens is 440 g/mol. The van der Waals surface area contributed by atoms with Crippen molar-refractivity contribution < 1.29 is 33.8 Å². The van der Waals surface area contributed by atoms with Crippen LogP contribution in [0.15, 0.2) is 48.5 Å². The zero-order valence-electron chi connectivity index (χ0n) is 19.7. The van der Waals surface area contributed by atoms with E-state index in [2.05, 4.69) is 5.32 Å². The Bertz CT molecular complexity index is 1010. The van der Waals surface area contributed by atoms with Gasteiger partial charge in [0.15, 0.2) is 6.61 Å². The van der Waals surface area contributed by atoms with Crippen LogP contribution >= 0.6 is 0 Å². The summed E-state index contributed by atoms with van der Waals surface area (Å²) in [7, 11) is 2.79. The Morgan fingerprint density at radius 2 is 1.62 bits per heavy atom. The second kappa shape index (κ2) is 10.7. The summed E-state index contributed by atoms with van der Waals surface area (Å²) in [4.78, 5) is 41.3. The molecule has 0 fully saturated rings. The summed E-state index contributed by atoms with van der Waals surface area (Å²) in [6, 6.07) is 14.9. The van der Waals surface area contributed by atoms with Crippen molar-refractivity contribution in [1.82, 2.24) is 10.4 Å². The van der Waals surface area contributed by atoms with E-state index in [0.717, 1.165) is 27.3 Å².